The van der Waals surface area contributed by atoms with E-state index in [2.05, 4.69) is 26.0 Å². The van der Waals surface area contributed by atoms with Crippen molar-refractivity contribution in [3.8, 4) is 11.5 Å². The Hall–Kier alpha value is -1.96. The van der Waals surface area contributed by atoms with Crippen molar-refractivity contribution in [3.05, 3.63) is 57.6 Å². The van der Waals surface area contributed by atoms with Crippen LogP contribution in [0, 0.1) is 33.6 Å². The maximum absolute atomic E-state index is 10.8. The number of hydrogen-bond donors (Lipinski definition) is 2. The molecule has 1 fully saturated rings. The average molecular weight is 324 g/mol. The molecule has 0 atom stereocenters. The van der Waals surface area contributed by atoms with Crippen LogP contribution in [0.5, 0.6) is 11.5 Å². The van der Waals surface area contributed by atoms with Crippen LogP contribution >= 0.6 is 0 Å². The molecule has 1 aliphatic rings. The molecule has 3 rings (SSSR count). The van der Waals surface area contributed by atoms with Gasteiger partial charge < -0.3 is 10.2 Å². The van der Waals surface area contributed by atoms with Crippen LogP contribution in [0.3, 0.4) is 0 Å². The molecular formula is C22H28O2. The van der Waals surface area contributed by atoms with Crippen molar-refractivity contribution in [2.75, 3.05) is 0 Å². The highest BCUT2D eigenvalue weighted by molar-refractivity contribution is 5.53. The first-order chi connectivity index (χ1) is 11.4. The van der Waals surface area contributed by atoms with E-state index in [1.165, 1.54) is 12.8 Å². The second-order valence-corrected chi connectivity index (χ2v) is 7.56. The SMILES string of the molecule is Cc1cc(C)c(O)c(C(c2cc(C)cc(C)c2O)C2CCCC2)c1. The maximum atomic E-state index is 10.8. The minimum Gasteiger partial charge on any atom is -0.507 e. The predicted octanol–water partition coefficient (Wildman–Crippen LogP) is 5.65. The van der Waals surface area contributed by atoms with Gasteiger partial charge in [0.05, 0.1) is 0 Å². The summed E-state index contributed by atoms with van der Waals surface area (Å²) in [6.45, 7) is 8.06. The molecule has 1 aliphatic carbocycles. The van der Waals surface area contributed by atoms with E-state index >= 15 is 0 Å². The van der Waals surface area contributed by atoms with Crippen LogP contribution in [-0.4, -0.2) is 10.2 Å². The van der Waals surface area contributed by atoms with Crippen molar-refractivity contribution in [2.24, 2.45) is 5.92 Å². The number of hydrogen-bond acceptors (Lipinski definition) is 2. The quantitative estimate of drug-likeness (QED) is 0.765. The molecule has 0 amide bonds. The summed E-state index contributed by atoms with van der Waals surface area (Å²) >= 11 is 0. The van der Waals surface area contributed by atoms with Crippen LogP contribution in [0.25, 0.3) is 0 Å². The van der Waals surface area contributed by atoms with Gasteiger partial charge in [-0.3, -0.25) is 0 Å². The van der Waals surface area contributed by atoms with Crippen molar-refractivity contribution in [2.45, 2.75) is 59.3 Å². The molecule has 0 heterocycles. The number of phenols is 2. The van der Waals surface area contributed by atoms with E-state index in [1.54, 1.807) is 0 Å². The van der Waals surface area contributed by atoms with Gasteiger partial charge in [-0.1, -0.05) is 48.2 Å². The summed E-state index contributed by atoms with van der Waals surface area (Å²) in [5, 5.41) is 21.5. The molecule has 0 spiro atoms. The normalized spacial score (nSPS) is 15.4. The number of aromatic hydroxyl groups is 2. The van der Waals surface area contributed by atoms with Gasteiger partial charge in [0, 0.05) is 17.0 Å². The molecule has 0 aliphatic heterocycles. The predicted molar refractivity (Wildman–Crippen MR) is 99.0 cm³/mol. The van der Waals surface area contributed by atoms with E-state index in [9.17, 15) is 10.2 Å². The van der Waals surface area contributed by atoms with Gasteiger partial charge in [-0.2, -0.15) is 0 Å². The zero-order valence-corrected chi connectivity index (χ0v) is 15.2. The molecule has 0 radical (unpaired) electrons. The van der Waals surface area contributed by atoms with Crippen LogP contribution in [0.2, 0.25) is 0 Å². The Morgan fingerprint density at radius 1 is 0.750 bits per heavy atom. The number of phenolic OH excluding ortho intramolecular Hbond substituents is 2. The molecular weight excluding hydrogens is 296 g/mol. The highest BCUT2D eigenvalue weighted by Gasteiger charge is 2.32. The lowest BCUT2D eigenvalue weighted by molar-refractivity contribution is 0.413. The Balaban J connectivity index is 2.22. The molecule has 0 unspecified atom stereocenters. The summed E-state index contributed by atoms with van der Waals surface area (Å²) in [5.74, 6) is 1.31. The van der Waals surface area contributed by atoms with Gasteiger partial charge in [-0.05, 0) is 57.6 Å². The van der Waals surface area contributed by atoms with Crippen LogP contribution < -0.4 is 0 Å². The van der Waals surface area contributed by atoms with Gasteiger partial charge in [-0.25, -0.2) is 0 Å². The molecule has 0 saturated heterocycles. The monoisotopic (exact) mass is 324 g/mol. The third-order valence-corrected chi connectivity index (χ3v) is 5.49. The molecule has 2 nitrogen and oxygen atoms in total. The summed E-state index contributed by atoms with van der Waals surface area (Å²) in [6.07, 6.45) is 4.78. The molecule has 2 aromatic carbocycles. The zero-order chi connectivity index (χ0) is 17.4. The van der Waals surface area contributed by atoms with E-state index in [0.717, 1.165) is 46.2 Å². The van der Waals surface area contributed by atoms with Crippen molar-refractivity contribution in [1.82, 2.24) is 0 Å². The molecule has 2 N–H and O–H groups in total. The Labute approximate surface area is 145 Å². The second kappa shape index (κ2) is 6.51. The number of rotatable bonds is 3. The van der Waals surface area contributed by atoms with Gasteiger partial charge in [0.2, 0.25) is 0 Å². The van der Waals surface area contributed by atoms with Crippen molar-refractivity contribution in [3.63, 3.8) is 0 Å². The fourth-order valence-corrected chi connectivity index (χ4v) is 4.43. The zero-order valence-electron chi connectivity index (χ0n) is 15.2. The summed E-state index contributed by atoms with van der Waals surface area (Å²) in [6, 6.07) is 8.24. The Kier molecular flexibility index (Phi) is 4.58. The molecule has 24 heavy (non-hydrogen) atoms. The second-order valence-electron chi connectivity index (χ2n) is 7.56. The summed E-state index contributed by atoms with van der Waals surface area (Å²) < 4.78 is 0. The lowest BCUT2D eigenvalue weighted by Gasteiger charge is -2.28. The van der Waals surface area contributed by atoms with Crippen LogP contribution in [0.15, 0.2) is 24.3 Å². The van der Waals surface area contributed by atoms with Crippen molar-refractivity contribution in [1.29, 1.82) is 0 Å². The molecule has 0 aromatic heterocycles. The van der Waals surface area contributed by atoms with Gasteiger partial charge in [0.25, 0.3) is 0 Å². The van der Waals surface area contributed by atoms with Crippen molar-refractivity contribution < 1.29 is 10.2 Å². The lowest BCUT2D eigenvalue weighted by atomic mass is 9.77. The maximum Gasteiger partial charge on any atom is 0.122 e. The molecule has 2 aromatic rings. The fraction of sp³-hybridized carbons (Fsp3) is 0.455. The topological polar surface area (TPSA) is 40.5 Å². The van der Waals surface area contributed by atoms with E-state index in [1.807, 2.05) is 26.0 Å². The highest BCUT2D eigenvalue weighted by atomic mass is 16.3. The van der Waals surface area contributed by atoms with Crippen molar-refractivity contribution >= 4 is 0 Å². The molecule has 128 valence electrons. The van der Waals surface area contributed by atoms with E-state index in [0.29, 0.717) is 17.4 Å². The number of benzene rings is 2. The first kappa shape index (κ1) is 16.9. The smallest absolute Gasteiger partial charge is 0.122 e. The lowest BCUT2D eigenvalue weighted by Crippen LogP contribution is -2.13. The third kappa shape index (κ3) is 3.02. The Morgan fingerprint density at radius 2 is 1.17 bits per heavy atom. The molecule has 1 saturated carbocycles. The van der Waals surface area contributed by atoms with Crippen LogP contribution in [0.1, 0.15) is 65.0 Å². The first-order valence-corrected chi connectivity index (χ1v) is 8.98. The molecule has 2 heteroatoms. The summed E-state index contributed by atoms with van der Waals surface area (Å²) in [7, 11) is 0. The Morgan fingerprint density at radius 3 is 1.58 bits per heavy atom. The van der Waals surface area contributed by atoms with E-state index in [-0.39, 0.29) is 5.92 Å². The number of aryl methyl sites for hydroxylation is 4. The van der Waals surface area contributed by atoms with Gasteiger partial charge in [0.15, 0.2) is 0 Å². The average Bonchev–Trinajstić information content (AvgIpc) is 3.03. The largest absolute Gasteiger partial charge is 0.507 e. The standard InChI is InChI=1S/C22H28O2/c1-13-9-15(3)21(23)18(11-13)20(17-7-5-6-8-17)19-12-14(2)10-16(4)22(19)24/h9-12,17,20,23-24H,5-8H2,1-4H3. The Bertz CT molecular complexity index is 698. The summed E-state index contributed by atoms with van der Waals surface area (Å²) in [5.41, 5.74) is 6.09. The minimum atomic E-state index is 0.0599. The van der Waals surface area contributed by atoms with Gasteiger partial charge in [-0.15, -0.1) is 0 Å². The highest BCUT2D eigenvalue weighted by Crippen LogP contribution is 2.48. The van der Waals surface area contributed by atoms with Crippen LogP contribution in [0.4, 0.5) is 0 Å². The third-order valence-electron chi connectivity index (χ3n) is 5.49. The molecule has 0 bridgehead atoms. The minimum absolute atomic E-state index is 0.0599. The van der Waals surface area contributed by atoms with Crippen LogP contribution in [-0.2, 0) is 0 Å². The van der Waals surface area contributed by atoms with E-state index in [4.69, 9.17) is 0 Å². The first-order valence-electron chi connectivity index (χ1n) is 8.98. The van der Waals surface area contributed by atoms with Gasteiger partial charge in [0.1, 0.15) is 11.5 Å². The van der Waals surface area contributed by atoms with Gasteiger partial charge >= 0.3 is 0 Å². The fourth-order valence-electron chi connectivity index (χ4n) is 4.43. The van der Waals surface area contributed by atoms with E-state index < -0.39 is 0 Å². The summed E-state index contributed by atoms with van der Waals surface area (Å²) in [4.78, 5) is 0.